The minimum absolute atomic E-state index is 0.202. The fourth-order valence-electron chi connectivity index (χ4n) is 2.08. The van der Waals surface area contributed by atoms with E-state index >= 15 is 0 Å². The summed E-state index contributed by atoms with van der Waals surface area (Å²) in [7, 11) is 0. The van der Waals surface area contributed by atoms with Gasteiger partial charge < -0.3 is 15.0 Å². The van der Waals surface area contributed by atoms with Gasteiger partial charge in [0.2, 0.25) is 0 Å². The molecule has 1 aromatic heterocycles. The maximum Gasteiger partial charge on any atom is 0.253 e. The normalized spacial score (nSPS) is 13.6. The standard InChI is InChI=1S/C15H17Cl2N3O2/c1-10(8-20-3-2-18-9-20)7-19-15(22)14(21)11-4-12(16)6-13(17)5-11/h2-6,9-10,14,21H,7-8H2,1H3,(H,19,22)/t10-,14-/m1/s1. The predicted octanol–water partition coefficient (Wildman–Crippen LogP) is 2.68. The van der Waals surface area contributed by atoms with E-state index in [-0.39, 0.29) is 5.92 Å². The molecule has 2 N–H and O–H groups in total. The summed E-state index contributed by atoms with van der Waals surface area (Å²) in [6, 6.07) is 4.59. The Hall–Kier alpha value is -1.56. The van der Waals surface area contributed by atoms with Gasteiger partial charge in [-0.1, -0.05) is 30.1 Å². The number of halogens is 2. The van der Waals surface area contributed by atoms with Crippen LogP contribution in [0.15, 0.2) is 36.9 Å². The molecule has 1 aromatic carbocycles. The summed E-state index contributed by atoms with van der Waals surface area (Å²) in [5.41, 5.74) is 0.372. The number of aliphatic hydroxyl groups excluding tert-OH is 1. The van der Waals surface area contributed by atoms with E-state index in [0.29, 0.717) is 22.2 Å². The van der Waals surface area contributed by atoms with Crippen LogP contribution in [-0.2, 0) is 11.3 Å². The van der Waals surface area contributed by atoms with Gasteiger partial charge in [-0.25, -0.2) is 4.98 Å². The molecule has 0 aliphatic rings. The lowest BCUT2D eigenvalue weighted by Crippen LogP contribution is -2.33. The van der Waals surface area contributed by atoms with Crippen molar-refractivity contribution >= 4 is 29.1 Å². The Kier molecular flexibility index (Phi) is 5.83. The number of hydrogen-bond acceptors (Lipinski definition) is 3. The van der Waals surface area contributed by atoms with Crippen molar-refractivity contribution in [1.29, 1.82) is 0 Å². The van der Waals surface area contributed by atoms with Gasteiger partial charge >= 0.3 is 0 Å². The highest BCUT2D eigenvalue weighted by Crippen LogP contribution is 2.23. The first kappa shape index (κ1) is 16.8. The lowest BCUT2D eigenvalue weighted by molar-refractivity contribution is -0.129. The van der Waals surface area contributed by atoms with Crippen LogP contribution in [0.5, 0.6) is 0 Å². The number of nitrogens with zero attached hydrogens (tertiary/aromatic N) is 2. The second kappa shape index (κ2) is 7.63. The Morgan fingerprint density at radius 2 is 2.05 bits per heavy atom. The number of benzene rings is 1. The third kappa shape index (κ3) is 4.73. The third-order valence-electron chi connectivity index (χ3n) is 3.16. The van der Waals surface area contributed by atoms with E-state index in [4.69, 9.17) is 23.2 Å². The minimum Gasteiger partial charge on any atom is -0.378 e. The van der Waals surface area contributed by atoms with Crippen molar-refractivity contribution in [2.75, 3.05) is 6.54 Å². The third-order valence-corrected chi connectivity index (χ3v) is 3.59. The van der Waals surface area contributed by atoms with Crippen molar-refractivity contribution in [3.8, 4) is 0 Å². The van der Waals surface area contributed by atoms with Crippen molar-refractivity contribution in [3.05, 3.63) is 52.5 Å². The van der Waals surface area contributed by atoms with E-state index < -0.39 is 12.0 Å². The molecule has 7 heteroatoms. The molecule has 1 amide bonds. The molecule has 2 atom stereocenters. The van der Waals surface area contributed by atoms with Gasteiger partial charge in [0.1, 0.15) is 0 Å². The molecular formula is C15H17Cl2N3O2. The number of amides is 1. The molecule has 0 bridgehead atoms. The van der Waals surface area contributed by atoms with Gasteiger partial charge in [0.25, 0.3) is 5.91 Å². The van der Waals surface area contributed by atoms with Crippen LogP contribution in [0.3, 0.4) is 0 Å². The zero-order chi connectivity index (χ0) is 16.1. The lowest BCUT2D eigenvalue weighted by Gasteiger charge is -2.16. The van der Waals surface area contributed by atoms with Gasteiger partial charge in [-0.3, -0.25) is 4.79 Å². The van der Waals surface area contributed by atoms with Crippen molar-refractivity contribution in [2.45, 2.75) is 19.6 Å². The SMILES string of the molecule is C[C@H](CNC(=O)[C@H](O)c1cc(Cl)cc(Cl)c1)Cn1ccnc1. The summed E-state index contributed by atoms with van der Waals surface area (Å²) in [5, 5.41) is 13.5. The van der Waals surface area contributed by atoms with Crippen LogP contribution >= 0.6 is 23.2 Å². The topological polar surface area (TPSA) is 67.2 Å². The summed E-state index contributed by atoms with van der Waals surface area (Å²) in [5.74, 6) is -0.274. The van der Waals surface area contributed by atoms with E-state index in [1.54, 1.807) is 18.6 Å². The number of hydrogen-bond donors (Lipinski definition) is 2. The predicted molar refractivity (Wildman–Crippen MR) is 85.8 cm³/mol. The van der Waals surface area contributed by atoms with E-state index in [1.807, 2.05) is 17.7 Å². The molecule has 0 saturated heterocycles. The summed E-state index contributed by atoms with van der Waals surface area (Å²) in [4.78, 5) is 16.0. The van der Waals surface area contributed by atoms with E-state index in [9.17, 15) is 9.90 Å². The number of rotatable bonds is 6. The summed E-state index contributed by atoms with van der Waals surface area (Å²) in [6.07, 6.45) is 4.00. The second-order valence-corrected chi connectivity index (χ2v) is 6.09. The number of nitrogens with one attached hydrogen (secondary N) is 1. The van der Waals surface area contributed by atoms with Crippen LogP contribution < -0.4 is 5.32 Å². The van der Waals surface area contributed by atoms with E-state index in [1.165, 1.54) is 12.1 Å². The van der Waals surface area contributed by atoms with Crippen LogP contribution in [0.2, 0.25) is 10.0 Å². The van der Waals surface area contributed by atoms with Gasteiger partial charge in [0.15, 0.2) is 6.10 Å². The van der Waals surface area contributed by atoms with Crippen LogP contribution in [-0.4, -0.2) is 27.1 Å². The number of aromatic nitrogens is 2. The Balaban J connectivity index is 1.88. The highest BCUT2D eigenvalue weighted by atomic mass is 35.5. The number of aliphatic hydroxyl groups is 1. The van der Waals surface area contributed by atoms with Crippen molar-refractivity contribution in [2.24, 2.45) is 5.92 Å². The average molecular weight is 342 g/mol. The summed E-state index contributed by atoms with van der Waals surface area (Å²) >= 11 is 11.7. The zero-order valence-corrected chi connectivity index (χ0v) is 13.6. The molecule has 118 valence electrons. The fourth-order valence-corrected chi connectivity index (χ4v) is 2.62. The van der Waals surface area contributed by atoms with Crippen LogP contribution in [0, 0.1) is 5.92 Å². The largest absolute Gasteiger partial charge is 0.378 e. The van der Waals surface area contributed by atoms with Crippen LogP contribution in [0.1, 0.15) is 18.6 Å². The molecule has 0 fully saturated rings. The smallest absolute Gasteiger partial charge is 0.253 e. The van der Waals surface area contributed by atoms with E-state index in [0.717, 1.165) is 6.54 Å². The molecule has 2 aromatic rings. The van der Waals surface area contributed by atoms with Gasteiger partial charge in [-0.2, -0.15) is 0 Å². The van der Waals surface area contributed by atoms with Crippen molar-refractivity contribution in [3.63, 3.8) is 0 Å². The molecule has 0 aliphatic heterocycles. The van der Waals surface area contributed by atoms with E-state index in [2.05, 4.69) is 10.3 Å². The maximum atomic E-state index is 12.0. The van der Waals surface area contributed by atoms with Gasteiger partial charge in [0.05, 0.1) is 6.33 Å². The lowest BCUT2D eigenvalue weighted by atomic mass is 10.1. The molecule has 5 nitrogen and oxygen atoms in total. The summed E-state index contributed by atoms with van der Waals surface area (Å²) in [6.45, 7) is 3.19. The first-order chi connectivity index (χ1) is 10.5. The molecule has 0 aliphatic carbocycles. The average Bonchev–Trinajstić information content (AvgIpc) is 2.95. The Labute approximate surface area is 138 Å². The summed E-state index contributed by atoms with van der Waals surface area (Å²) < 4.78 is 1.93. The van der Waals surface area contributed by atoms with Crippen molar-refractivity contribution in [1.82, 2.24) is 14.9 Å². The Bertz CT molecular complexity index is 611. The minimum atomic E-state index is -1.29. The number of carbonyl (C=O) groups excluding carboxylic acids is 1. The molecule has 0 unspecified atom stereocenters. The van der Waals surface area contributed by atoms with Gasteiger partial charge in [0, 0.05) is 35.5 Å². The maximum absolute atomic E-state index is 12.0. The zero-order valence-electron chi connectivity index (χ0n) is 12.0. The molecular weight excluding hydrogens is 325 g/mol. The number of imidazole rings is 1. The highest BCUT2D eigenvalue weighted by molar-refractivity contribution is 6.34. The van der Waals surface area contributed by atoms with Crippen LogP contribution in [0.25, 0.3) is 0 Å². The van der Waals surface area contributed by atoms with Gasteiger partial charge in [-0.05, 0) is 29.7 Å². The quantitative estimate of drug-likeness (QED) is 0.848. The monoisotopic (exact) mass is 341 g/mol. The van der Waals surface area contributed by atoms with Crippen LogP contribution in [0.4, 0.5) is 0 Å². The number of carbonyl (C=O) groups is 1. The van der Waals surface area contributed by atoms with Crippen molar-refractivity contribution < 1.29 is 9.90 Å². The first-order valence-corrected chi connectivity index (χ1v) is 7.59. The highest BCUT2D eigenvalue weighted by Gasteiger charge is 2.18. The molecule has 1 heterocycles. The molecule has 22 heavy (non-hydrogen) atoms. The first-order valence-electron chi connectivity index (χ1n) is 6.83. The molecule has 2 rings (SSSR count). The Morgan fingerprint density at radius 1 is 1.36 bits per heavy atom. The fraction of sp³-hybridized carbons (Fsp3) is 0.333. The second-order valence-electron chi connectivity index (χ2n) is 5.22. The molecule has 0 spiro atoms. The van der Waals surface area contributed by atoms with Gasteiger partial charge in [-0.15, -0.1) is 0 Å². The molecule has 0 saturated carbocycles. The molecule has 0 radical (unpaired) electrons. The Morgan fingerprint density at radius 3 is 2.64 bits per heavy atom.